The Morgan fingerprint density at radius 3 is 3.00 bits per heavy atom. The van der Waals surface area contributed by atoms with Crippen LogP contribution in [0, 0.1) is 0 Å². The second-order valence-electron chi connectivity index (χ2n) is 5.34. The van der Waals surface area contributed by atoms with Crippen molar-refractivity contribution in [3.05, 3.63) is 32.8 Å². The van der Waals surface area contributed by atoms with Gasteiger partial charge in [-0.15, -0.1) is 0 Å². The molecule has 1 fully saturated rings. The molecule has 0 bridgehead atoms. The minimum absolute atomic E-state index is 0.0906. The van der Waals surface area contributed by atoms with Gasteiger partial charge in [0.05, 0.1) is 0 Å². The number of carbonyl (C=O) groups is 1. The van der Waals surface area contributed by atoms with Gasteiger partial charge in [0.15, 0.2) is 0 Å². The number of nitrogens with zero attached hydrogens (tertiary/aromatic N) is 1. The molecule has 2 heterocycles. The maximum atomic E-state index is 11.9. The summed E-state index contributed by atoms with van der Waals surface area (Å²) >= 11 is 3.48. The van der Waals surface area contributed by atoms with Crippen LogP contribution in [-0.4, -0.2) is 32.8 Å². The summed E-state index contributed by atoms with van der Waals surface area (Å²) < 4.78 is 29.3. The van der Waals surface area contributed by atoms with Gasteiger partial charge >= 0.3 is 142 Å². The standard InChI is InChI=1S/C15H17BrNO3Se/c1-20-14(18)10-5-8-17-11(9-10)12(16)13(21-17)15(19)6-3-2-4-7-15/h5,8-9,19H,2-4,6-7H2,1H3/q+1/i1D3. The molecule has 0 saturated heterocycles. The van der Waals surface area contributed by atoms with Gasteiger partial charge in [-0.05, 0) is 0 Å². The second kappa shape index (κ2) is 5.84. The van der Waals surface area contributed by atoms with Crippen molar-refractivity contribution in [1.29, 1.82) is 0 Å². The zero-order valence-electron chi connectivity index (χ0n) is 14.3. The van der Waals surface area contributed by atoms with Crippen LogP contribution in [0.5, 0.6) is 0 Å². The number of carbonyl (C=O) groups excluding carboxylic acids is 1. The average molecular weight is 421 g/mol. The Kier molecular flexibility index (Phi) is 3.29. The molecule has 1 saturated carbocycles. The van der Waals surface area contributed by atoms with E-state index in [9.17, 15) is 9.90 Å². The van der Waals surface area contributed by atoms with Crippen molar-refractivity contribution in [3.63, 3.8) is 0 Å². The van der Waals surface area contributed by atoms with Crippen LogP contribution >= 0.6 is 15.9 Å². The normalized spacial score (nSPS) is 20.6. The summed E-state index contributed by atoms with van der Waals surface area (Å²) in [7, 11) is -2.76. The number of fused-ring (bicyclic) bond motifs is 1. The minimum atomic E-state index is -2.76. The number of aliphatic hydroxyl groups is 1. The second-order valence-corrected chi connectivity index (χ2v) is 8.20. The van der Waals surface area contributed by atoms with E-state index in [0.717, 1.165) is 46.5 Å². The molecule has 0 atom stereocenters. The van der Waals surface area contributed by atoms with Crippen LogP contribution in [0.2, 0.25) is 0 Å². The third-order valence-corrected chi connectivity index (χ3v) is 8.05. The molecule has 2 aromatic rings. The van der Waals surface area contributed by atoms with Gasteiger partial charge in [0.25, 0.3) is 0 Å². The number of esters is 1. The molecule has 2 aromatic heterocycles. The van der Waals surface area contributed by atoms with Crippen LogP contribution in [0.25, 0.3) is 5.52 Å². The number of ether oxygens (including phenoxy) is 1. The fourth-order valence-electron chi connectivity index (χ4n) is 2.82. The molecule has 0 radical (unpaired) electrons. The van der Waals surface area contributed by atoms with E-state index in [1.807, 2.05) is 3.40 Å². The van der Waals surface area contributed by atoms with Crippen LogP contribution in [-0.2, 0) is 10.3 Å². The van der Waals surface area contributed by atoms with Gasteiger partial charge in [-0.3, -0.25) is 0 Å². The average Bonchev–Trinajstić information content (AvgIpc) is 2.84. The fourth-order valence-corrected chi connectivity index (χ4v) is 6.48. The van der Waals surface area contributed by atoms with E-state index in [-0.39, 0.29) is 20.3 Å². The first-order valence-electron chi connectivity index (χ1n) is 8.30. The Hall–Kier alpha value is -0.681. The van der Waals surface area contributed by atoms with E-state index in [2.05, 4.69) is 20.7 Å². The monoisotopic (exact) mass is 421 g/mol. The van der Waals surface area contributed by atoms with E-state index in [0.29, 0.717) is 0 Å². The Morgan fingerprint density at radius 2 is 2.29 bits per heavy atom. The Morgan fingerprint density at radius 1 is 1.52 bits per heavy atom. The molecular formula is C15H17BrNO3Se+. The van der Waals surface area contributed by atoms with E-state index < -0.39 is 18.6 Å². The summed E-state index contributed by atoms with van der Waals surface area (Å²) in [6.45, 7) is 0. The van der Waals surface area contributed by atoms with Crippen LogP contribution < -0.4 is 3.40 Å². The number of aromatic nitrogens is 1. The maximum absolute atomic E-state index is 11.9. The molecule has 21 heavy (non-hydrogen) atoms. The Labute approximate surface area is 142 Å². The van der Waals surface area contributed by atoms with Crippen molar-refractivity contribution in [2.24, 2.45) is 0 Å². The number of methoxy groups -OCH3 is 1. The number of pyridine rings is 1. The molecule has 0 spiro atoms. The van der Waals surface area contributed by atoms with Gasteiger partial charge in [0.2, 0.25) is 0 Å². The summed E-state index contributed by atoms with van der Waals surface area (Å²) in [6, 6.07) is 3.16. The molecule has 3 rings (SSSR count). The molecule has 0 aromatic carbocycles. The van der Waals surface area contributed by atoms with E-state index in [1.54, 1.807) is 18.3 Å². The summed E-state index contributed by atoms with van der Waals surface area (Å²) in [4.78, 5) is 11.9. The topological polar surface area (TPSA) is 50.6 Å². The number of halogens is 1. The first-order valence-corrected chi connectivity index (χ1v) is 9.22. The summed E-state index contributed by atoms with van der Waals surface area (Å²) in [5.41, 5.74) is 0.161. The molecule has 1 N–H and O–H groups in total. The zero-order valence-corrected chi connectivity index (χ0v) is 14.6. The Balaban J connectivity index is 1.99. The third kappa shape index (κ3) is 2.70. The summed E-state index contributed by atoms with van der Waals surface area (Å²) in [6.07, 6.45) is 6.40. The van der Waals surface area contributed by atoms with Crippen molar-refractivity contribution in [2.75, 3.05) is 7.04 Å². The number of hydrogen-bond donors (Lipinski definition) is 1. The molecule has 1 aliphatic rings. The molecule has 0 aliphatic heterocycles. The number of hydrogen-bond acceptors (Lipinski definition) is 3. The van der Waals surface area contributed by atoms with Crippen molar-refractivity contribution in [2.45, 2.75) is 37.7 Å². The fraction of sp³-hybridized carbons (Fsp3) is 0.467. The molecule has 0 amide bonds. The first-order chi connectivity index (χ1) is 11.2. The summed E-state index contributed by atoms with van der Waals surface area (Å²) in [5, 5.41) is 11.0. The van der Waals surface area contributed by atoms with Crippen molar-refractivity contribution in [1.82, 2.24) is 0 Å². The van der Waals surface area contributed by atoms with Gasteiger partial charge in [-0.2, -0.15) is 0 Å². The van der Waals surface area contributed by atoms with Crippen molar-refractivity contribution >= 4 is 42.1 Å². The quantitative estimate of drug-likeness (QED) is 0.598. The van der Waals surface area contributed by atoms with Crippen LogP contribution in [0.3, 0.4) is 0 Å². The van der Waals surface area contributed by atoms with Crippen LogP contribution in [0.15, 0.2) is 22.8 Å². The third-order valence-electron chi connectivity index (χ3n) is 3.96. The van der Waals surface area contributed by atoms with E-state index in [4.69, 9.17) is 4.11 Å². The van der Waals surface area contributed by atoms with Crippen molar-refractivity contribution in [3.8, 4) is 0 Å². The van der Waals surface area contributed by atoms with Crippen LogP contribution in [0.1, 0.15) is 51.0 Å². The van der Waals surface area contributed by atoms with Gasteiger partial charge in [0, 0.05) is 0 Å². The first kappa shape index (κ1) is 11.8. The molecule has 1 aliphatic carbocycles. The van der Waals surface area contributed by atoms with Gasteiger partial charge in [-0.1, -0.05) is 0 Å². The van der Waals surface area contributed by atoms with Gasteiger partial charge < -0.3 is 0 Å². The Bertz CT molecular complexity index is 784. The van der Waals surface area contributed by atoms with Gasteiger partial charge in [0.1, 0.15) is 0 Å². The van der Waals surface area contributed by atoms with E-state index in [1.165, 1.54) is 0 Å². The predicted octanol–water partition coefficient (Wildman–Crippen LogP) is 2.18. The van der Waals surface area contributed by atoms with E-state index >= 15 is 0 Å². The zero-order chi connectivity index (χ0) is 17.5. The molecule has 112 valence electrons. The number of rotatable bonds is 2. The van der Waals surface area contributed by atoms with Crippen LogP contribution in [0.4, 0.5) is 0 Å². The summed E-state index contributed by atoms with van der Waals surface area (Å²) in [5.74, 6) is -0.879. The van der Waals surface area contributed by atoms with Gasteiger partial charge in [-0.25, -0.2) is 0 Å². The molecule has 0 unspecified atom stereocenters. The molecule has 6 heteroatoms. The predicted molar refractivity (Wildman–Crippen MR) is 82.6 cm³/mol. The molecule has 4 nitrogen and oxygen atoms in total. The molecular weight excluding hydrogens is 401 g/mol. The van der Waals surface area contributed by atoms with Crippen molar-refractivity contribution < 1.29 is 22.1 Å². The SMILES string of the molecule is [2H]C([2H])([2H])OC(=O)c1cc[n+]2[se]c(C3(O)CCCCC3)c(Br)c2c1.